The van der Waals surface area contributed by atoms with Gasteiger partial charge in [0.25, 0.3) is 0 Å². The van der Waals surface area contributed by atoms with Crippen molar-refractivity contribution in [3.8, 4) is 0 Å². The van der Waals surface area contributed by atoms with Crippen molar-refractivity contribution in [2.45, 2.75) is 19.6 Å². The standard InChI is InChI=1S/C15H15F2N.C8H10FN/c1-18(10-12-2-6-14(16)7-3-12)11-13-4-8-15(17)9-5-13;1-10-6-7-2-4-8(9)5-3-7/h2-9H,10-11H2,1H3;2-5,10H,6H2,1H3. The van der Waals surface area contributed by atoms with Crippen LogP contribution >= 0.6 is 0 Å². The zero-order valence-electron chi connectivity index (χ0n) is 16.1. The van der Waals surface area contributed by atoms with E-state index in [1.54, 1.807) is 36.4 Å². The summed E-state index contributed by atoms with van der Waals surface area (Å²) in [6.07, 6.45) is 0. The van der Waals surface area contributed by atoms with E-state index >= 15 is 0 Å². The number of halogens is 3. The summed E-state index contributed by atoms with van der Waals surface area (Å²) in [5, 5.41) is 2.98. The molecule has 0 aliphatic rings. The quantitative estimate of drug-likeness (QED) is 0.631. The molecule has 1 N–H and O–H groups in total. The average Bonchev–Trinajstić information content (AvgIpc) is 2.68. The monoisotopic (exact) mass is 386 g/mol. The summed E-state index contributed by atoms with van der Waals surface area (Å²) >= 11 is 0. The second-order valence-electron chi connectivity index (χ2n) is 6.58. The maximum absolute atomic E-state index is 12.8. The van der Waals surface area contributed by atoms with E-state index in [2.05, 4.69) is 10.2 Å². The molecule has 0 saturated carbocycles. The maximum Gasteiger partial charge on any atom is 0.123 e. The second kappa shape index (κ2) is 11.3. The van der Waals surface area contributed by atoms with E-state index in [-0.39, 0.29) is 17.5 Å². The van der Waals surface area contributed by atoms with Crippen molar-refractivity contribution in [2.75, 3.05) is 14.1 Å². The second-order valence-corrected chi connectivity index (χ2v) is 6.58. The molecule has 0 spiro atoms. The lowest BCUT2D eigenvalue weighted by atomic mass is 10.2. The molecule has 0 unspecified atom stereocenters. The highest BCUT2D eigenvalue weighted by Crippen LogP contribution is 2.10. The molecule has 0 aliphatic heterocycles. The normalized spacial score (nSPS) is 10.5. The van der Waals surface area contributed by atoms with Crippen LogP contribution in [0.5, 0.6) is 0 Å². The lowest BCUT2D eigenvalue weighted by Gasteiger charge is -2.16. The Balaban J connectivity index is 0.000000237. The largest absolute Gasteiger partial charge is 0.316 e. The smallest absolute Gasteiger partial charge is 0.123 e. The predicted octanol–water partition coefficient (Wildman–Crippen LogP) is 5.14. The van der Waals surface area contributed by atoms with Crippen LogP contribution in [0.1, 0.15) is 16.7 Å². The Bertz CT molecular complexity index is 768. The van der Waals surface area contributed by atoms with Gasteiger partial charge in [0.15, 0.2) is 0 Å². The van der Waals surface area contributed by atoms with Gasteiger partial charge in [-0.3, -0.25) is 4.90 Å². The van der Waals surface area contributed by atoms with Crippen molar-refractivity contribution >= 4 is 0 Å². The molecule has 0 radical (unpaired) electrons. The van der Waals surface area contributed by atoms with E-state index in [1.165, 1.54) is 36.4 Å². The van der Waals surface area contributed by atoms with E-state index in [0.29, 0.717) is 0 Å². The molecule has 148 valence electrons. The van der Waals surface area contributed by atoms with Crippen molar-refractivity contribution in [1.82, 2.24) is 10.2 Å². The zero-order valence-corrected chi connectivity index (χ0v) is 16.1. The van der Waals surface area contributed by atoms with Gasteiger partial charge in [0.05, 0.1) is 0 Å². The van der Waals surface area contributed by atoms with Crippen LogP contribution in [0.3, 0.4) is 0 Å². The summed E-state index contributed by atoms with van der Waals surface area (Å²) in [5.74, 6) is -0.625. The maximum atomic E-state index is 12.8. The van der Waals surface area contributed by atoms with Gasteiger partial charge in [-0.15, -0.1) is 0 Å². The summed E-state index contributed by atoms with van der Waals surface area (Å²) in [5.41, 5.74) is 3.21. The predicted molar refractivity (Wildman–Crippen MR) is 107 cm³/mol. The summed E-state index contributed by atoms with van der Waals surface area (Å²) in [6, 6.07) is 19.4. The molecule has 3 aromatic carbocycles. The van der Waals surface area contributed by atoms with Crippen LogP contribution in [0.25, 0.3) is 0 Å². The molecule has 0 atom stereocenters. The molecule has 0 aliphatic carbocycles. The summed E-state index contributed by atoms with van der Waals surface area (Å²) in [6.45, 7) is 2.26. The molecule has 28 heavy (non-hydrogen) atoms. The molecule has 0 heterocycles. The van der Waals surface area contributed by atoms with Crippen LogP contribution in [-0.2, 0) is 19.6 Å². The molecular weight excluding hydrogens is 361 g/mol. The molecular formula is C23H25F3N2. The molecule has 5 heteroatoms. The highest BCUT2D eigenvalue weighted by molar-refractivity contribution is 5.18. The number of nitrogens with one attached hydrogen (secondary N) is 1. The minimum atomic E-state index is -0.222. The SMILES string of the molecule is CN(Cc1ccc(F)cc1)Cc1ccc(F)cc1.CNCc1ccc(F)cc1. The Morgan fingerprint density at radius 3 is 1.25 bits per heavy atom. The topological polar surface area (TPSA) is 15.3 Å². The van der Waals surface area contributed by atoms with Gasteiger partial charge in [0, 0.05) is 19.6 Å². The highest BCUT2D eigenvalue weighted by Gasteiger charge is 2.02. The molecule has 0 aromatic heterocycles. The zero-order chi connectivity index (χ0) is 20.4. The van der Waals surface area contributed by atoms with Gasteiger partial charge in [0.1, 0.15) is 17.5 Å². The Labute approximate surface area is 164 Å². The number of hydrogen-bond acceptors (Lipinski definition) is 2. The fourth-order valence-corrected chi connectivity index (χ4v) is 2.67. The number of nitrogens with zero attached hydrogens (tertiary/aromatic N) is 1. The van der Waals surface area contributed by atoms with Gasteiger partial charge in [-0.25, -0.2) is 13.2 Å². The van der Waals surface area contributed by atoms with E-state index < -0.39 is 0 Å². The molecule has 0 bridgehead atoms. The van der Waals surface area contributed by atoms with E-state index in [1.807, 2.05) is 14.1 Å². The Kier molecular flexibility index (Phi) is 8.72. The van der Waals surface area contributed by atoms with Crippen LogP contribution in [0.15, 0.2) is 72.8 Å². The number of hydrogen-bond donors (Lipinski definition) is 1. The van der Waals surface area contributed by atoms with Crippen molar-refractivity contribution in [2.24, 2.45) is 0 Å². The van der Waals surface area contributed by atoms with Crippen LogP contribution in [-0.4, -0.2) is 19.0 Å². The van der Waals surface area contributed by atoms with Crippen molar-refractivity contribution in [1.29, 1.82) is 0 Å². The van der Waals surface area contributed by atoms with Crippen LogP contribution in [0.4, 0.5) is 13.2 Å². The van der Waals surface area contributed by atoms with Gasteiger partial charge in [-0.1, -0.05) is 36.4 Å². The van der Waals surface area contributed by atoms with Gasteiger partial charge in [-0.05, 0) is 67.2 Å². The first-order chi connectivity index (χ1) is 13.5. The molecule has 3 aromatic rings. The Hall–Kier alpha value is -2.63. The first-order valence-corrected chi connectivity index (χ1v) is 9.02. The summed E-state index contributed by atoms with van der Waals surface area (Å²) < 4.78 is 37.8. The van der Waals surface area contributed by atoms with Crippen molar-refractivity contribution < 1.29 is 13.2 Å². The Morgan fingerprint density at radius 2 is 0.929 bits per heavy atom. The number of rotatable bonds is 6. The molecule has 3 rings (SSSR count). The van der Waals surface area contributed by atoms with Gasteiger partial charge >= 0.3 is 0 Å². The molecule has 0 amide bonds. The molecule has 2 nitrogen and oxygen atoms in total. The third-order valence-electron chi connectivity index (χ3n) is 4.03. The minimum absolute atomic E-state index is 0.181. The fraction of sp³-hybridized carbons (Fsp3) is 0.217. The van der Waals surface area contributed by atoms with Gasteiger partial charge in [-0.2, -0.15) is 0 Å². The van der Waals surface area contributed by atoms with Crippen LogP contribution in [0, 0.1) is 17.5 Å². The van der Waals surface area contributed by atoms with Crippen LogP contribution < -0.4 is 5.32 Å². The van der Waals surface area contributed by atoms with Crippen molar-refractivity contribution in [3.05, 3.63) is 107 Å². The molecule has 0 fully saturated rings. The average molecular weight is 386 g/mol. The lowest BCUT2D eigenvalue weighted by Crippen LogP contribution is -2.17. The number of benzene rings is 3. The lowest BCUT2D eigenvalue weighted by molar-refractivity contribution is 0.319. The Morgan fingerprint density at radius 1 is 0.607 bits per heavy atom. The van der Waals surface area contributed by atoms with Crippen molar-refractivity contribution in [3.63, 3.8) is 0 Å². The summed E-state index contributed by atoms with van der Waals surface area (Å²) in [7, 11) is 3.84. The summed E-state index contributed by atoms with van der Waals surface area (Å²) in [4.78, 5) is 2.10. The third-order valence-corrected chi connectivity index (χ3v) is 4.03. The third kappa shape index (κ3) is 7.94. The van der Waals surface area contributed by atoms with Gasteiger partial charge in [0.2, 0.25) is 0 Å². The minimum Gasteiger partial charge on any atom is -0.316 e. The molecule has 0 saturated heterocycles. The van der Waals surface area contributed by atoms with E-state index in [0.717, 1.165) is 36.3 Å². The van der Waals surface area contributed by atoms with Crippen LogP contribution in [0.2, 0.25) is 0 Å². The fourth-order valence-electron chi connectivity index (χ4n) is 2.67. The first kappa shape index (κ1) is 21.7. The van der Waals surface area contributed by atoms with Gasteiger partial charge < -0.3 is 5.32 Å². The highest BCUT2D eigenvalue weighted by atomic mass is 19.1. The van der Waals surface area contributed by atoms with E-state index in [4.69, 9.17) is 0 Å². The van der Waals surface area contributed by atoms with E-state index in [9.17, 15) is 13.2 Å². The first-order valence-electron chi connectivity index (χ1n) is 9.02.